The molecule has 8 nitrogen and oxygen atoms in total. The van der Waals surface area contributed by atoms with Gasteiger partial charge < -0.3 is 19.7 Å². The normalized spacial score (nSPS) is 19.5. The van der Waals surface area contributed by atoms with Crippen LogP contribution in [0.25, 0.3) is 0 Å². The van der Waals surface area contributed by atoms with Crippen molar-refractivity contribution in [3.8, 4) is 0 Å². The number of esters is 1. The van der Waals surface area contributed by atoms with E-state index in [4.69, 9.17) is 33.3 Å². The molecule has 1 N–H and O–H groups in total. The highest BCUT2D eigenvalue weighted by molar-refractivity contribution is 7.80. The molecule has 2 aliphatic rings. The van der Waals surface area contributed by atoms with Crippen LogP contribution in [0.15, 0.2) is 29.5 Å². The van der Waals surface area contributed by atoms with Crippen molar-refractivity contribution in [3.63, 3.8) is 0 Å². The molecule has 1 fully saturated rings. The molecule has 0 bridgehead atoms. The van der Waals surface area contributed by atoms with E-state index in [-0.39, 0.29) is 30.0 Å². The van der Waals surface area contributed by atoms with Gasteiger partial charge in [-0.1, -0.05) is 17.7 Å². The molecule has 1 aliphatic carbocycles. The van der Waals surface area contributed by atoms with Gasteiger partial charge in [-0.15, -0.1) is 0 Å². The predicted octanol–water partition coefficient (Wildman–Crippen LogP) is 3.11. The number of benzene rings is 1. The fourth-order valence-corrected chi connectivity index (χ4v) is 3.78. The van der Waals surface area contributed by atoms with Gasteiger partial charge in [0.25, 0.3) is 5.69 Å². The van der Waals surface area contributed by atoms with Crippen LogP contribution in [0.1, 0.15) is 31.4 Å². The summed E-state index contributed by atoms with van der Waals surface area (Å²) in [4.78, 5) is 25.5. The van der Waals surface area contributed by atoms with Crippen LogP contribution in [-0.4, -0.2) is 47.3 Å². The average Bonchev–Trinajstić information content (AvgIpc) is 3.46. The zero-order valence-corrected chi connectivity index (χ0v) is 17.0. The Morgan fingerprint density at radius 1 is 1.43 bits per heavy atom. The number of nitro groups is 1. The molecular formula is C18H20ClN3O5S. The monoisotopic (exact) mass is 425 g/mol. The second kappa shape index (κ2) is 8.42. The van der Waals surface area contributed by atoms with Gasteiger partial charge in [0.1, 0.15) is 11.6 Å². The molecule has 1 aliphatic heterocycles. The number of nitrogens with zero attached hydrogens (tertiary/aromatic N) is 2. The van der Waals surface area contributed by atoms with Gasteiger partial charge in [-0.3, -0.25) is 10.1 Å². The van der Waals surface area contributed by atoms with E-state index in [9.17, 15) is 14.9 Å². The number of ether oxygens (including phenoxy) is 2. The highest BCUT2D eigenvalue weighted by Crippen LogP contribution is 2.39. The fraction of sp³-hybridized carbons (Fsp3) is 0.444. The van der Waals surface area contributed by atoms with Gasteiger partial charge in [-0.05, 0) is 43.6 Å². The minimum Gasteiger partial charge on any atom is -0.460 e. The van der Waals surface area contributed by atoms with Crippen LogP contribution in [0.5, 0.6) is 0 Å². The van der Waals surface area contributed by atoms with Gasteiger partial charge in [0.15, 0.2) is 5.11 Å². The lowest BCUT2D eigenvalue weighted by molar-refractivity contribution is -0.384. The molecule has 0 saturated heterocycles. The third-order valence-corrected chi connectivity index (χ3v) is 5.31. The summed E-state index contributed by atoms with van der Waals surface area (Å²) in [5.74, 6) is -0.516. The largest absolute Gasteiger partial charge is 0.460 e. The van der Waals surface area contributed by atoms with E-state index < -0.39 is 16.9 Å². The number of halogens is 1. The average molecular weight is 426 g/mol. The van der Waals surface area contributed by atoms with Crippen LogP contribution < -0.4 is 5.32 Å². The first-order valence-corrected chi connectivity index (χ1v) is 9.54. The minimum atomic E-state index is -0.673. The van der Waals surface area contributed by atoms with Crippen LogP contribution in [0, 0.1) is 10.1 Å². The number of carbonyl (C=O) groups excluding carboxylic acids is 1. The summed E-state index contributed by atoms with van der Waals surface area (Å²) < 4.78 is 10.3. The highest BCUT2D eigenvalue weighted by Gasteiger charge is 2.41. The highest BCUT2D eigenvalue weighted by atomic mass is 35.5. The molecule has 1 aromatic rings. The van der Waals surface area contributed by atoms with Crippen molar-refractivity contribution in [3.05, 3.63) is 50.2 Å². The van der Waals surface area contributed by atoms with Gasteiger partial charge in [-0.2, -0.15) is 0 Å². The molecule has 0 spiro atoms. The quantitative estimate of drug-likeness (QED) is 0.234. The Kier molecular flexibility index (Phi) is 6.17. The Morgan fingerprint density at radius 2 is 2.14 bits per heavy atom. The molecule has 0 radical (unpaired) electrons. The van der Waals surface area contributed by atoms with Crippen molar-refractivity contribution >= 4 is 40.6 Å². The number of nitro benzene ring substituents is 1. The van der Waals surface area contributed by atoms with Crippen LogP contribution in [-0.2, 0) is 14.3 Å². The number of hydrogen-bond donors (Lipinski definition) is 1. The van der Waals surface area contributed by atoms with Crippen LogP contribution in [0.4, 0.5) is 5.69 Å². The van der Waals surface area contributed by atoms with Crippen molar-refractivity contribution in [1.29, 1.82) is 0 Å². The number of carbonyl (C=O) groups is 1. The van der Waals surface area contributed by atoms with E-state index in [1.54, 1.807) is 6.07 Å². The molecule has 1 unspecified atom stereocenters. The molecule has 0 aromatic heterocycles. The molecular weight excluding hydrogens is 406 g/mol. The van der Waals surface area contributed by atoms with Crippen molar-refractivity contribution in [1.82, 2.24) is 10.2 Å². The van der Waals surface area contributed by atoms with E-state index in [1.165, 1.54) is 19.2 Å². The third-order valence-electron chi connectivity index (χ3n) is 4.68. The number of rotatable bonds is 7. The molecule has 1 atom stereocenters. The zero-order valence-electron chi connectivity index (χ0n) is 15.4. The number of methoxy groups -OCH3 is 1. The van der Waals surface area contributed by atoms with Gasteiger partial charge in [0, 0.05) is 24.9 Å². The van der Waals surface area contributed by atoms with Gasteiger partial charge in [0.05, 0.1) is 23.1 Å². The Bertz CT molecular complexity index is 856. The van der Waals surface area contributed by atoms with Crippen molar-refractivity contribution < 1.29 is 19.2 Å². The lowest BCUT2D eigenvalue weighted by Gasteiger charge is -2.37. The maximum Gasteiger partial charge on any atom is 0.338 e. The summed E-state index contributed by atoms with van der Waals surface area (Å²) >= 11 is 11.4. The lowest BCUT2D eigenvalue weighted by atomic mass is 9.94. The summed E-state index contributed by atoms with van der Waals surface area (Å²) in [6.45, 7) is 2.19. The Hall–Kier alpha value is -2.23. The predicted molar refractivity (Wildman–Crippen MR) is 107 cm³/mol. The minimum absolute atomic E-state index is 0.0247. The number of hydrogen-bond acceptors (Lipinski definition) is 6. The number of nitrogens with one attached hydrogen (secondary N) is 1. The Labute approximate surface area is 172 Å². The second-order valence-electron chi connectivity index (χ2n) is 6.58. The molecule has 150 valence electrons. The fourth-order valence-electron chi connectivity index (χ4n) is 3.19. The summed E-state index contributed by atoms with van der Waals surface area (Å²) in [5, 5.41) is 14.9. The van der Waals surface area contributed by atoms with Crippen molar-refractivity contribution in [2.75, 3.05) is 20.3 Å². The maximum atomic E-state index is 12.8. The van der Waals surface area contributed by atoms with E-state index in [1.807, 2.05) is 11.8 Å². The molecule has 0 amide bonds. The van der Waals surface area contributed by atoms with Gasteiger partial charge in [-0.25, -0.2) is 4.79 Å². The Balaban J connectivity index is 2.02. The molecule has 1 aromatic carbocycles. The zero-order chi connectivity index (χ0) is 20.4. The van der Waals surface area contributed by atoms with E-state index in [0.717, 1.165) is 12.8 Å². The second-order valence-corrected chi connectivity index (χ2v) is 7.37. The SMILES string of the molecule is COCCOC(=O)C1=C(C)N(C2CC2)C(=S)NC1c1ccc(Cl)c([N+](=O)[O-])c1. The van der Waals surface area contributed by atoms with Crippen molar-refractivity contribution in [2.45, 2.75) is 31.8 Å². The Morgan fingerprint density at radius 3 is 2.75 bits per heavy atom. The smallest absolute Gasteiger partial charge is 0.338 e. The van der Waals surface area contributed by atoms with Gasteiger partial charge in [0.2, 0.25) is 0 Å². The molecule has 10 heteroatoms. The van der Waals surface area contributed by atoms with E-state index in [2.05, 4.69) is 5.32 Å². The third kappa shape index (κ3) is 4.11. The van der Waals surface area contributed by atoms with Crippen LogP contribution in [0.2, 0.25) is 5.02 Å². The first-order chi connectivity index (χ1) is 13.3. The first kappa shape index (κ1) is 20.5. The van der Waals surface area contributed by atoms with E-state index >= 15 is 0 Å². The lowest BCUT2D eigenvalue weighted by Crippen LogP contribution is -2.48. The van der Waals surface area contributed by atoms with Gasteiger partial charge >= 0.3 is 5.97 Å². The van der Waals surface area contributed by atoms with Crippen molar-refractivity contribution in [2.24, 2.45) is 0 Å². The summed E-state index contributed by atoms with van der Waals surface area (Å²) in [6, 6.07) is 4.01. The molecule has 3 rings (SSSR count). The molecule has 1 saturated carbocycles. The summed E-state index contributed by atoms with van der Waals surface area (Å²) in [7, 11) is 1.52. The van der Waals surface area contributed by atoms with E-state index in [0.29, 0.717) is 21.9 Å². The summed E-state index contributed by atoms with van der Waals surface area (Å²) in [6.07, 6.45) is 1.98. The number of thiocarbonyl (C=S) groups is 1. The van der Waals surface area contributed by atoms with Crippen LogP contribution in [0.3, 0.4) is 0 Å². The van der Waals surface area contributed by atoms with Crippen LogP contribution >= 0.6 is 23.8 Å². The first-order valence-electron chi connectivity index (χ1n) is 8.75. The maximum absolute atomic E-state index is 12.8. The standard InChI is InChI=1S/C18H20ClN3O5S/c1-10-15(17(23)27-8-7-26-2)16(20-18(28)21(10)12-4-5-12)11-3-6-13(19)14(9-11)22(24)25/h3,6,9,12,16H,4-5,7-8H2,1-2H3,(H,20,28). The topological polar surface area (TPSA) is 93.9 Å². The summed E-state index contributed by atoms with van der Waals surface area (Å²) in [5.41, 5.74) is 1.33. The number of allylic oxidation sites excluding steroid dienone is 1. The molecule has 1 heterocycles. The molecule has 28 heavy (non-hydrogen) atoms.